The number of thioether (sulfide) groups is 1. The van der Waals surface area contributed by atoms with Gasteiger partial charge >= 0.3 is 0 Å². The van der Waals surface area contributed by atoms with Crippen molar-refractivity contribution in [1.29, 1.82) is 0 Å². The van der Waals surface area contributed by atoms with Gasteiger partial charge in [-0.05, 0) is 37.7 Å². The third kappa shape index (κ3) is 4.34. The van der Waals surface area contributed by atoms with Gasteiger partial charge in [0.1, 0.15) is 0 Å². The molecule has 1 atom stereocenters. The number of nitrogens with one attached hydrogen (secondary N) is 1. The van der Waals surface area contributed by atoms with E-state index in [9.17, 15) is 5.11 Å². The first-order valence-electron chi connectivity index (χ1n) is 5.34. The van der Waals surface area contributed by atoms with E-state index in [4.69, 9.17) is 11.6 Å². The lowest BCUT2D eigenvalue weighted by atomic mass is 10.1. The van der Waals surface area contributed by atoms with Gasteiger partial charge in [0, 0.05) is 21.2 Å². The summed E-state index contributed by atoms with van der Waals surface area (Å²) in [5, 5.41) is 13.4. The highest BCUT2D eigenvalue weighted by Gasteiger charge is 2.21. The summed E-state index contributed by atoms with van der Waals surface area (Å²) in [7, 11) is 0. The van der Waals surface area contributed by atoms with Crippen molar-refractivity contribution >= 4 is 23.4 Å². The lowest BCUT2D eigenvalue weighted by Gasteiger charge is -2.27. The van der Waals surface area contributed by atoms with E-state index >= 15 is 0 Å². The summed E-state index contributed by atoms with van der Waals surface area (Å²) < 4.78 is 0. The normalized spacial score (nSPS) is 14.8. The maximum atomic E-state index is 9.34. The lowest BCUT2D eigenvalue weighted by Crippen LogP contribution is -2.47. The van der Waals surface area contributed by atoms with Gasteiger partial charge in [0.25, 0.3) is 0 Å². The van der Waals surface area contributed by atoms with E-state index in [2.05, 4.69) is 5.32 Å². The van der Waals surface area contributed by atoms with E-state index in [1.165, 1.54) is 4.90 Å². The molecule has 0 aliphatic carbocycles. The minimum atomic E-state index is -0.223. The van der Waals surface area contributed by atoms with Crippen molar-refractivity contribution in [2.24, 2.45) is 0 Å². The molecule has 0 aromatic heterocycles. The van der Waals surface area contributed by atoms with Gasteiger partial charge in [0.2, 0.25) is 0 Å². The Hall–Kier alpha value is -0.220. The van der Waals surface area contributed by atoms with Crippen LogP contribution < -0.4 is 5.32 Å². The van der Waals surface area contributed by atoms with E-state index in [1.807, 2.05) is 38.1 Å². The van der Waals surface area contributed by atoms with Gasteiger partial charge in [-0.1, -0.05) is 18.5 Å². The molecule has 1 aromatic rings. The summed E-state index contributed by atoms with van der Waals surface area (Å²) in [4.78, 5) is 1.17. The number of halogens is 1. The number of likely N-dealkylation sites (N-methyl/N-ethyl adjacent to an activating group) is 1. The molecule has 0 bridgehead atoms. The molecule has 0 spiro atoms. The molecule has 2 N–H and O–H groups in total. The number of hydrogen-bond acceptors (Lipinski definition) is 3. The Balaban J connectivity index is 2.52. The molecule has 0 heterocycles. The van der Waals surface area contributed by atoms with Crippen LogP contribution in [-0.2, 0) is 0 Å². The quantitative estimate of drug-likeness (QED) is 0.771. The molecule has 1 rings (SSSR count). The molecule has 0 saturated carbocycles. The van der Waals surface area contributed by atoms with Gasteiger partial charge in [-0.15, -0.1) is 11.8 Å². The largest absolute Gasteiger partial charge is 0.394 e. The minimum Gasteiger partial charge on any atom is -0.394 e. The number of rotatable bonds is 6. The highest BCUT2D eigenvalue weighted by molar-refractivity contribution is 7.99. The highest BCUT2D eigenvalue weighted by atomic mass is 35.5. The zero-order valence-electron chi connectivity index (χ0n) is 9.66. The molecular formula is C12H18ClNOS. The van der Waals surface area contributed by atoms with E-state index in [1.54, 1.807) is 11.8 Å². The predicted octanol–water partition coefficient (Wildman–Crippen LogP) is 2.79. The Morgan fingerprint density at radius 3 is 2.50 bits per heavy atom. The van der Waals surface area contributed by atoms with Crippen molar-refractivity contribution in [1.82, 2.24) is 5.32 Å². The SMILES string of the molecule is CCNC(C)(CO)CSc1ccc(Cl)cc1. The van der Waals surface area contributed by atoms with Crippen LogP contribution in [0.5, 0.6) is 0 Å². The Morgan fingerprint density at radius 2 is 2.00 bits per heavy atom. The van der Waals surface area contributed by atoms with Gasteiger partial charge in [0.05, 0.1) is 6.61 Å². The second kappa shape index (κ2) is 6.50. The molecule has 0 amide bonds. The van der Waals surface area contributed by atoms with Gasteiger partial charge in [-0.25, -0.2) is 0 Å². The maximum absolute atomic E-state index is 9.34. The zero-order chi connectivity index (χ0) is 12.0. The maximum Gasteiger partial charge on any atom is 0.0618 e. The van der Waals surface area contributed by atoms with Crippen LogP contribution in [0, 0.1) is 0 Å². The number of aliphatic hydroxyl groups excluding tert-OH is 1. The number of hydrogen-bond donors (Lipinski definition) is 2. The monoisotopic (exact) mass is 259 g/mol. The third-order valence-electron chi connectivity index (χ3n) is 2.32. The fraction of sp³-hybridized carbons (Fsp3) is 0.500. The summed E-state index contributed by atoms with van der Waals surface area (Å²) in [6.07, 6.45) is 0. The van der Waals surface area contributed by atoms with Crippen LogP contribution in [0.2, 0.25) is 5.02 Å². The summed E-state index contributed by atoms with van der Waals surface area (Å²) >= 11 is 7.54. The van der Waals surface area contributed by atoms with Crippen molar-refractivity contribution in [3.05, 3.63) is 29.3 Å². The van der Waals surface area contributed by atoms with Crippen molar-refractivity contribution in [3.8, 4) is 0 Å². The Labute approximate surface area is 106 Å². The molecule has 2 nitrogen and oxygen atoms in total. The second-order valence-corrected chi connectivity index (χ2v) is 5.48. The molecule has 4 heteroatoms. The van der Waals surface area contributed by atoms with Gasteiger partial charge in [0.15, 0.2) is 0 Å². The Bertz CT molecular complexity index is 317. The summed E-state index contributed by atoms with van der Waals surface area (Å²) in [5.41, 5.74) is -0.223. The van der Waals surface area contributed by atoms with E-state index in [-0.39, 0.29) is 12.1 Å². The first kappa shape index (κ1) is 13.8. The van der Waals surface area contributed by atoms with Gasteiger partial charge < -0.3 is 10.4 Å². The van der Waals surface area contributed by atoms with Crippen LogP contribution in [-0.4, -0.2) is 29.5 Å². The van der Waals surface area contributed by atoms with Crippen molar-refractivity contribution in [2.45, 2.75) is 24.3 Å². The molecule has 0 fully saturated rings. The molecule has 0 radical (unpaired) electrons. The fourth-order valence-electron chi connectivity index (χ4n) is 1.35. The topological polar surface area (TPSA) is 32.3 Å². The first-order valence-corrected chi connectivity index (χ1v) is 6.70. The third-order valence-corrected chi connectivity index (χ3v) is 3.96. The summed E-state index contributed by atoms with van der Waals surface area (Å²) in [5.74, 6) is 0.832. The molecule has 1 unspecified atom stereocenters. The van der Waals surface area contributed by atoms with Crippen LogP contribution in [0.15, 0.2) is 29.2 Å². The van der Waals surface area contributed by atoms with Crippen LogP contribution in [0.1, 0.15) is 13.8 Å². The average molecular weight is 260 g/mol. The molecule has 0 aliphatic rings. The Morgan fingerprint density at radius 1 is 1.38 bits per heavy atom. The molecular weight excluding hydrogens is 242 g/mol. The predicted molar refractivity (Wildman–Crippen MR) is 71.3 cm³/mol. The molecule has 90 valence electrons. The fourth-order valence-corrected chi connectivity index (χ4v) is 2.49. The van der Waals surface area contributed by atoms with Gasteiger partial charge in [-0.2, -0.15) is 0 Å². The van der Waals surface area contributed by atoms with Crippen molar-refractivity contribution < 1.29 is 5.11 Å². The average Bonchev–Trinajstić information content (AvgIpc) is 2.29. The number of aliphatic hydroxyl groups is 1. The molecule has 16 heavy (non-hydrogen) atoms. The number of benzene rings is 1. The molecule has 0 aliphatic heterocycles. The minimum absolute atomic E-state index is 0.140. The first-order chi connectivity index (χ1) is 7.59. The van der Waals surface area contributed by atoms with E-state index in [0.717, 1.165) is 17.3 Å². The second-order valence-electron chi connectivity index (χ2n) is 3.99. The van der Waals surface area contributed by atoms with Crippen LogP contribution in [0.25, 0.3) is 0 Å². The van der Waals surface area contributed by atoms with Gasteiger partial charge in [-0.3, -0.25) is 0 Å². The van der Waals surface area contributed by atoms with Crippen molar-refractivity contribution in [2.75, 3.05) is 18.9 Å². The summed E-state index contributed by atoms with van der Waals surface area (Å²) in [6.45, 7) is 5.07. The molecule has 1 aromatic carbocycles. The van der Waals surface area contributed by atoms with Crippen LogP contribution in [0.3, 0.4) is 0 Å². The standard InChI is InChI=1S/C12H18ClNOS/c1-3-14-12(2,8-15)9-16-11-6-4-10(13)5-7-11/h4-7,14-15H,3,8-9H2,1-2H3. The van der Waals surface area contributed by atoms with Crippen LogP contribution >= 0.6 is 23.4 Å². The van der Waals surface area contributed by atoms with E-state index in [0.29, 0.717) is 0 Å². The Kier molecular flexibility index (Phi) is 5.62. The summed E-state index contributed by atoms with van der Waals surface area (Å²) in [6, 6.07) is 7.76. The van der Waals surface area contributed by atoms with E-state index < -0.39 is 0 Å². The molecule has 0 saturated heterocycles. The van der Waals surface area contributed by atoms with Crippen molar-refractivity contribution in [3.63, 3.8) is 0 Å². The highest BCUT2D eigenvalue weighted by Crippen LogP contribution is 2.23. The van der Waals surface area contributed by atoms with Crippen LogP contribution in [0.4, 0.5) is 0 Å². The smallest absolute Gasteiger partial charge is 0.0618 e. The lowest BCUT2D eigenvalue weighted by molar-refractivity contribution is 0.194. The zero-order valence-corrected chi connectivity index (χ0v) is 11.2.